The summed E-state index contributed by atoms with van der Waals surface area (Å²) in [6.07, 6.45) is 2.01. The normalized spacial score (nSPS) is 12.9. The van der Waals surface area contributed by atoms with Crippen molar-refractivity contribution in [2.75, 3.05) is 0 Å². The van der Waals surface area contributed by atoms with Crippen LogP contribution in [0.5, 0.6) is 0 Å². The maximum absolute atomic E-state index is 8.07. The van der Waals surface area contributed by atoms with Crippen molar-refractivity contribution in [1.29, 1.82) is 0 Å². The third-order valence-electron chi connectivity index (χ3n) is 5.71. The van der Waals surface area contributed by atoms with Crippen LogP contribution in [0.15, 0.2) is 42.5 Å². The first-order valence-electron chi connectivity index (χ1n) is 12.5. The molecule has 2 nitrogen and oxygen atoms in total. The quantitative estimate of drug-likeness (QED) is 0.313. The van der Waals surface area contributed by atoms with Crippen LogP contribution in [-0.2, 0) is 12.8 Å². The van der Waals surface area contributed by atoms with E-state index in [1.807, 2.05) is 0 Å². The zero-order valence-corrected chi connectivity index (χ0v) is 19.6. The van der Waals surface area contributed by atoms with E-state index >= 15 is 0 Å². The van der Waals surface area contributed by atoms with Crippen LogP contribution in [-0.4, -0.2) is 9.97 Å². The Kier molecular flexibility index (Phi) is 5.15. The molecule has 4 rings (SSSR count). The molecular weight excluding hydrogens is 376 g/mol. The molecule has 0 radical (unpaired) electrons. The van der Waals surface area contributed by atoms with Gasteiger partial charge < -0.3 is 0 Å². The highest BCUT2D eigenvalue weighted by molar-refractivity contribution is 6.10. The summed E-state index contributed by atoms with van der Waals surface area (Å²) < 4.78 is 16.1. The van der Waals surface area contributed by atoms with Crippen molar-refractivity contribution in [3.8, 4) is 11.3 Å². The summed E-state index contributed by atoms with van der Waals surface area (Å²) >= 11 is 0. The topological polar surface area (TPSA) is 25.8 Å². The second kappa shape index (κ2) is 8.42. The van der Waals surface area contributed by atoms with Gasteiger partial charge in [-0.1, -0.05) is 63.1 Å². The van der Waals surface area contributed by atoms with Gasteiger partial charge in [0.05, 0.1) is 11.2 Å². The molecule has 0 N–H and O–H groups in total. The van der Waals surface area contributed by atoms with E-state index in [1.54, 1.807) is 0 Å². The van der Waals surface area contributed by atoms with E-state index in [1.165, 1.54) is 27.6 Å². The first kappa shape index (κ1) is 19.0. The van der Waals surface area contributed by atoms with E-state index in [9.17, 15) is 0 Å². The van der Waals surface area contributed by atoms with Crippen LogP contribution < -0.4 is 0 Å². The van der Waals surface area contributed by atoms with Gasteiger partial charge in [0, 0.05) is 19.1 Å². The number of rotatable bonds is 5. The minimum absolute atomic E-state index is 0.255. The fourth-order valence-electron chi connectivity index (χ4n) is 4.74. The average molecular weight is 413 g/mol. The molecule has 0 saturated heterocycles. The minimum Gasteiger partial charge on any atom is -0.233 e. The molecule has 4 aromatic rings. The zero-order chi connectivity index (χ0) is 23.9. The Balaban J connectivity index is 2.10. The summed E-state index contributed by atoms with van der Waals surface area (Å²) in [4.78, 5) is 9.53. The van der Waals surface area contributed by atoms with Gasteiger partial charge in [-0.15, -0.1) is 0 Å². The first-order chi connectivity index (χ1) is 15.6. The van der Waals surface area contributed by atoms with E-state index in [-0.39, 0.29) is 5.82 Å². The van der Waals surface area contributed by atoms with Gasteiger partial charge in [-0.05, 0) is 80.1 Å². The van der Waals surface area contributed by atoms with Gasteiger partial charge in [-0.25, -0.2) is 9.97 Å². The first-order valence-corrected chi connectivity index (χ1v) is 11.3. The molecular formula is C29H34N2. The number of aromatic nitrogens is 2. The van der Waals surface area contributed by atoms with Crippen molar-refractivity contribution in [1.82, 2.24) is 9.97 Å². The number of fused-ring (bicyclic) bond motifs is 3. The maximum Gasteiger partial charge on any atom is 0.126 e. The standard InChI is InChI=1S/C29H34N2/c1-17(2)10-22-15-23-8-9-26-28(25-13-19(5)12-20(6)14-25)30-21(7)31-29(26)27(23)24(16-22)11-18(3)4/h8-9,12-18H,10-11H2,1-7H3/i7D2. The molecule has 0 amide bonds. The minimum atomic E-state index is -1.23. The van der Waals surface area contributed by atoms with Gasteiger partial charge in [0.2, 0.25) is 0 Å². The molecule has 31 heavy (non-hydrogen) atoms. The lowest BCUT2D eigenvalue weighted by molar-refractivity contribution is 0.638. The third kappa shape index (κ3) is 4.49. The van der Waals surface area contributed by atoms with Crippen molar-refractivity contribution in [3.63, 3.8) is 0 Å². The smallest absolute Gasteiger partial charge is 0.126 e. The number of hydrogen-bond donors (Lipinski definition) is 0. The second-order valence-corrected chi connectivity index (χ2v) is 9.82. The summed E-state index contributed by atoms with van der Waals surface area (Å²) in [5.41, 5.74) is 7.69. The van der Waals surface area contributed by atoms with Crippen molar-refractivity contribution in [2.24, 2.45) is 11.8 Å². The van der Waals surface area contributed by atoms with Crippen molar-refractivity contribution in [3.05, 3.63) is 70.5 Å². The molecule has 0 unspecified atom stereocenters. The van der Waals surface area contributed by atoms with Crippen LogP contribution in [0.2, 0.25) is 0 Å². The highest BCUT2D eigenvalue weighted by Gasteiger charge is 2.16. The summed E-state index contributed by atoms with van der Waals surface area (Å²) in [6.45, 7) is 11.9. The summed E-state index contributed by atoms with van der Waals surface area (Å²) in [7, 11) is 0. The second-order valence-electron chi connectivity index (χ2n) is 9.82. The molecule has 0 aliphatic heterocycles. The summed E-state index contributed by atoms with van der Waals surface area (Å²) in [5, 5.41) is 3.31. The Hall–Kier alpha value is -2.74. The van der Waals surface area contributed by atoms with Crippen molar-refractivity contribution >= 4 is 21.7 Å². The lowest BCUT2D eigenvalue weighted by Crippen LogP contribution is -2.02. The van der Waals surface area contributed by atoms with E-state index < -0.39 is 6.88 Å². The third-order valence-corrected chi connectivity index (χ3v) is 5.71. The van der Waals surface area contributed by atoms with Crippen LogP contribution in [0.4, 0.5) is 0 Å². The Labute approximate surface area is 189 Å². The highest BCUT2D eigenvalue weighted by Crippen LogP contribution is 2.35. The largest absolute Gasteiger partial charge is 0.233 e. The predicted octanol–water partition coefficient (Wildman–Crippen LogP) is 7.77. The lowest BCUT2D eigenvalue weighted by Gasteiger charge is -2.17. The molecule has 0 aliphatic carbocycles. The molecule has 160 valence electrons. The molecule has 3 aromatic carbocycles. The lowest BCUT2D eigenvalue weighted by atomic mass is 9.90. The summed E-state index contributed by atoms with van der Waals surface area (Å²) in [6, 6.07) is 15.4. The van der Waals surface area contributed by atoms with Gasteiger partial charge in [-0.2, -0.15) is 0 Å². The van der Waals surface area contributed by atoms with E-state index in [0.29, 0.717) is 11.8 Å². The Morgan fingerprint density at radius 3 is 2.19 bits per heavy atom. The Morgan fingerprint density at radius 2 is 1.55 bits per heavy atom. The number of aryl methyl sites for hydroxylation is 3. The molecule has 0 atom stereocenters. The number of nitrogens with zero attached hydrogens (tertiary/aromatic N) is 2. The van der Waals surface area contributed by atoms with Gasteiger partial charge in [0.15, 0.2) is 0 Å². The molecule has 0 bridgehead atoms. The highest BCUT2D eigenvalue weighted by atomic mass is 14.9. The van der Waals surface area contributed by atoms with E-state index in [2.05, 4.69) is 84.0 Å². The fourth-order valence-corrected chi connectivity index (χ4v) is 4.74. The van der Waals surface area contributed by atoms with Gasteiger partial charge >= 0.3 is 0 Å². The average Bonchev–Trinajstić information content (AvgIpc) is 2.70. The molecule has 0 spiro atoms. The monoisotopic (exact) mass is 412 g/mol. The van der Waals surface area contributed by atoms with Crippen LogP contribution in [0.1, 0.15) is 58.5 Å². The Morgan fingerprint density at radius 1 is 0.839 bits per heavy atom. The number of benzene rings is 3. The van der Waals surface area contributed by atoms with Crippen LogP contribution in [0.3, 0.4) is 0 Å². The molecule has 0 aliphatic rings. The molecule has 0 fully saturated rings. The fraction of sp³-hybridized carbons (Fsp3) is 0.379. The predicted molar refractivity (Wildman–Crippen MR) is 134 cm³/mol. The zero-order valence-electron chi connectivity index (χ0n) is 21.6. The summed E-state index contributed by atoms with van der Waals surface area (Å²) in [5.74, 6) is 1.36. The van der Waals surface area contributed by atoms with Gasteiger partial charge in [-0.3, -0.25) is 0 Å². The van der Waals surface area contributed by atoms with Crippen LogP contribution >= 0.6 is 0 Å². The van der Waals surface area contributed by atoms with Crippen molar-refractivity contribution < 1.29 is 2.74 Å². The molecule has 0 saturated carbocycles. The van der Waals surface area contributed by atoms with Crippen LogP contribution in [0, 0.1) is 32.6 Å². The Bertz CT molecular complexity index is 1300. The van der Waals surface area contributed by atoms with Gasteiger partial charge in [0.25, 0.3) is 0 Å². The molecule has 2 heteroatoms. The van der Waals surface area contributed by atoms with Crippen LogP contribution in [0.25, 0.3) is 32.9 Å². The maximum atomic E-state index is 8.07. The van der Waals surface area contributed by atoms with Crippen molar-refractivity contribution in [2.45, 2.75) is 61.3 Å². The van der Waals surface area contributed by atoms with E-state index in [0.717, 1.165) is 40.4 Å². The van der Waals surface area contributed by atoms with E-state index in [4.69, 9.17) is 12.7 Å². The van der Waals surface area contributed by atoms with Gasteiger partial charge in [0.1, 0.15) is 5.82 Å². The molecule has 1 heterocycles. The molecule has 1 aromatic heterocycles. The SMILES string of the molecule is [2H]C([2H])c1nc(-c2cc(C)cc(C)c2)c2ccc3cc(CC(C)C)cc(CC(C)C)c3c2n1. The number of hydrogen-bond acceptors (Lipinski definition) is 2.